The molecule has 0 radical (unpaired) electrons. The number of hydrogen-bond donors (Lipinski definition) is 2. The molecular formula is C23H30Cl2N8O4. The second kappa shape index (κ2) is 11.5. The molecule has 37 heavy (non-hydrogen) atoms. The van der Waals surface area contributed by atoms with Crippen LogP contribution in [0.3, 0.4) is 0 Å². The van der Waals surface area contributed by atoms with Gasteiger partial charge in [-0.15, -0.1) is 0 Å². The van der Waals surface area contributed by atoms with E-state index in [9.17, 15) is 19.2 Å². The smallest absolute Gasteiger partial charge is 0.323 e. The fourth-order valence-corrected chi connectivity index (χ4v) is 4.77. The molecule has 0 saturated carbocycles. The van der Waals surface area contributed by atoms with Gasteiger partial charge in [0.15, 0.2) is 22.3 Å². The Bertz CT molecular complexity index is 1530. The maximum atomic E-state index is 13.1. The van der Waals surface area contributed by atoms with Crippen LogP contribution in [-0.4, -0.2) is 38.2 Å². The predicted octanol–water partition coefficient (Wildman–Crippen LogP) is 2.86. The Morgan fingerprint density at radius 3 is 1.35 bits per heavy atom. The molecule has 0 bridgehead atoms. The number of hydrogen-bond acceptors (Lipinski definition) is 6. The summed E-state index contributed by atoms with van der Waals surface area (Å²) in [5.74, 6) is 0. The average molecular weight is 553 g/mol. The van der Waals surface area contributed by atoms with Gasteiger partial charge in [0.25, 0.3) is 11.1 Å². The third kappa shape index (κ3) is 5.30. The van der Waals surface area contributed by atoms with Gasteiger partial charge in [-0.2, -0.15) is 9.97 Å². The van der Waals surface area contributed by atoms with Crippen molar-refractivity contribution in [2.75, 3.05) is 0 Å². The molecule has 0 aliphatic carbocycles. The van der Waals surface area contributed by atoms with Gasteiger partial charge in [-0.1, -0.05) is 26.7 Å². The molecule has 0 unspecified atom stereocenters. The fraction of sp³-hybridized carbons (Fsp3) is 0.565. The molecule has 14 heteroatoms. The highest BCUT2D eigenvalue weighted by atomic mass is 35.5. The van der Waals surface area contributed by atoms with Gasteiger partial charge < -0.3 is 9.97 Å². The van der Waals surface area contributed by atoms with E-state index in [0.717, 1.165) is 25.7 Å². The summed E-state index contributed by atoms with van der Waals surface area (Å²) >= 11 is 11.9. The average Bonchev–Trinajstić information content (AvgIpc) is 3.45. The van der Waals surface area contributed by atoms with Crippen LogP contribution in [0.5, 0.6) is 0 Å². The molecule has 4 heterocycles. The van der Waals surface area contributed by atoms with E-state index >= 15 is 0 Å². The van der Waals surface area contributed by atoms with E-state index in [1.165, 1.54) is 18.3 Å². The minimum Gasteiger partial charge on any atom is -0.323 e. The molecule has 0 amide bonds. The van der Waals surface area contributed by atoms with Crippen molar-refractivity contribution in [2.24, 2.45) is 0 Å². The van der Waals surface area contributed by atoms with E-state index in [1.807, 2.05) is 13.8 Å². The quantitative estimate of drug-likeness (QED) is 0.204. The highest BCUT2D eigenvalue weighted by Crippen LogP contribution is 2.12. The summed E-state index contributed by atoms with van der Waals surface area (Å²) in [6.45, 7) is 5.28. The standard InChI is InChI=1S/C23H30Cl2N8O4/c1-3-5-10-30-16-14(26-20(24)28-16)18(34)32(22(30)36)12-8-7-9-13-33-19(35)15-17(29-21(25)27-15)31(23(33)37)11-6-4-2/h3-13H2,1-2H3,(H,26,28)(H,27,29). The normalized spacial score (nSPS) is 11.8. The van der Waals surface area contributed by atoms with Crippen LogP contribution in [0.4, 0.5) is 0 Å². The number of halogens is 2. The molecule has 12 nitrogen and oxygen atoms in total. The molecule has 0 fully saturated rings. The number of aromatic nitrogens is 8. The molecule has 0 saturated heterocycles. The predicted molar refractivity (Wildman–Crippen MR) is 143 cm³/mol. The molecular weight excluding hydrogens is 523 g/mol. The third-order valence-electron chi connectivity index (χ3n) is 6.40. The van der Waals surface area contributed by atoms with E-state index in [-0.39, 0.29) is 46.0 Å². The van der Waals surface area contributed by atoms with Crippen LogP contribution in [0.2, 0.25) is 10.6 Å². The van der Waals surface area contributed by atoms with Gasteiger partial charge in [0.1, 0.15) is 0 Å². The Morgan fingerprint density at radius 2 is 0.973 bits per heavy atom. The number of aromatic amines is 2. The molecule has 2 N–H and O–H groups in total. The summed E-state index contributed by atoms with van der Waals surface area (Å²) < 4.78 is 5.33. The zero-order chi connectivity index (χ0) is 26.7. The number of nitrogens with zero attached hydrogens (tertiary/aromatic N) is 6. The van der Waals surface area contributed by atoms with Crippen LogP contribution in [0.25, 0.3) is 22.3 Å². The Kier molecular flexibility index (Phi) is 8.38. The lowest BCUT2D eigenvalue weighted by Crippen LogP contribution is -2.40. The van der Waals surface area contributed by atoms with Crippen molar-refractivity contribution in [3.05, 3.63) is 52.2 Å². The molecule has 0 aliphatic rings. The van der Waals surface area contributed by atoms with Crippen molar-refractivity contribution in [3.8, 4) is 0 Å². The van der Waals surface area contributed by atoms with Gasteiger partial charge in [-0.05, 0) is 55.3 Å². The van der Waals surface area contributed by atoms with Gasteiger partial charge in [-0.3, -0.25) is 27.9 Å². The highest BCUT2D eigenvalue weighted by Gasteiger charge is 2.18. The first-order valence-corrected chi connectivity index (χ1v) is 13.3. The third-order valence-corrected chi connectivity index (χ3v) is 6.76. The van der Waals surface area contributed by atoms with Gasteiger partial charge >= 0.3 is 11.4 Å². The van der Waals surface area contributed by atoms with Crippen molar-refractivity contribution in [1.82, 2.24) is 38.2 Å². The summed E-state index contributed by atoms with van der Waals surface area (Å²) in [6.07, 6.45) is 4.87. The lowest BCUT2D eigenvalue weighted by Gasteiger charge is -2.12. The van der Waals surface area contributed by atoms with Crippen LogP contribution < -0.4 is 22.5 Å². The first-order chi connectivity index (χ1) is 17.8. The number of nitrogens with one attached hydrogen (secondary N) is 2. The second-order valence-corrected chi connectivity index (χ2v) is 9.72. The maximum Gasteiger partial charge on any atom is 0.332 e. The van der Waals surface area contributed by atoms with Crippen molar-refractivity contribution < 1.29 is 0 Å². The lowest BCUT2D eigenvalue weighted by molar-refractivity contribution is 0.485. The van der Waals surface area contributed by atoms with Gasteiger partial charge in [0.2, 0.25) is 10.6 Å². The fourth-order valence-electron chi connectivity index (χ4n) is 4.42. The van der Waals surface area contributed by atoms with Crippen molar-refractivity contribution in [3.63, 3.8) is 0 Å². The first kappa shape index (κ1) is 26.9. The second-order valence-electron chi connectivity index (χ2n) is 9.00. The van der Waals surface area contributed by atoms with Crippen LogP contribution >= 0.6 is 23.2 Å². The van der Waals surface area contributed by atoms with Gasteiger partial charge in [-0.25, -0.2) is 9.59 Å². The first-order valence-electron chi connectivity index (χ1n) is 12.6. The minimum atomic E-state index is -0.469. The molecule has 0 spiro atoms. The molecule has 0 aromatic carbocycles. The van der Waals surface area contributed by atoms with E-state index < -0.39 is 22.5 Å². The molecule has 4 aromatic rings. The Hall–Kier alpha value is -3.12. The number of H-pyrrole nitrogens is 2. The van der Waals surface area contributed by atoms with Crippen molar-refractivity contribution >= 4 is 45.5 Å². The van der Waals surface area contributed by atoms with E-state index in [4.69, 9.17) is 23.2 Å². The largest absolute Gasteiger partial charge is 0.332 e. The number of rotatable bonds is 12. The molecule has 4 rings (SSSR count). The number of fused-ring (bicyclic) bond motifs is 2. The highest BCUT2D eigenvalue weighted by molar-refractivity contribution is 6.29. The van der Waals surface area contributed by atoms with Crippen molar-refractivity contribution in [2.45, 2.75) is 85.0 Å². The van der Waals surface area contributed by atoms with Crippen LogP contribution in [-0.2, 0) is 26.2 Å². The Labute approximate surface area is 220 Å². The van der Waals surface area contributed by atoms with Gasteiger partial charge in [0.05, 0.1) is 0 Å². The minimum absolute atomic E-state index is 0.0556. The van der Waals surface area contributed by atoms with E-state index in [0.29, 0.717) is 32.4 Å². The van der Waals surface area contributed by atoms with Crippen molar-refractivity contribution in [1.29, 1.82) is 0 Å². The topological polar surface area (TPSA) is 145 Å². The van der Waals surface area contributed by atoms with E-state index in [2.05, 4.69) is 19.9 Å². The SMILES string of the molecule is CCCCn1c(=O)n(CCCCCn2c(=O)c3[nH]c(Cl)nc3n(CCCC)c2=O)c(=O)c2[nH]c(Cl)nc21. The Balaban J connectivity index is 1.51. The maximum absolute atomic E-state index is 13.1. The van der Waals surface area contributed by atoms with Gasteiger partial charge in [0, 0.05) is 26.2 Å². The summed E-state index contributed by atoms with van der Waals surface area (Å²) in [5.41, 5.74) is -0.864. The zero-order valence-electron chi connectivity index (χ0n) is 20.9. The molecule has 0 aliphatic heterocycles. The van der Waals surface area contributed by atoms with E-state index in [1.54, 1.807) is 0 Å². The van der Waals surface area contributed by atoms with Crippen LogP contribution in [0, 0.1) is 0 Å². The molecule has 4 aromatic heterocycles. The summed E-state index contributed by atoms with van der Waals surface area (Å²) in [5, 5.41) is 0.111. The number of imidazole rings is 2. The van der Waals surface area contributed by atoms with Crippen LogP contribution in [0.15, 0.2) is 19.2 Å². The summed E-state index contributed by atoms with van der Waals surface area (Å²) in [6, 6.07) is 0. The van der Waals surface area contributed by atoms with Crippen LogP contribution in [0.1, 0.15) is 58.8 Å². The lowest BCUT2D eigenvalue weighted by atomic mass is 10.2. The number of unbranched alkanes of at least 4 members (excludes halogenated alkanes) is 4. The Morgan fingerprint density at radius 1 is 0.595 bits per heavy atom. The summed E-state index contributed by atoms with van der Waals surface area (Å²) in [7, 11) is 0. The molecule has 0 atom stereocenters. The zero-order valence-corrected chi connectivity index (χ0v) is 22.4. The number of aryl methyl sites for hydroxylation is 2. The molecule has 200 valence electrons. The summed E-state index contributed by atoms with van der Waals surface area (Å²) in [4.78, 5) is 65.7. The monoisotopic (exact) mass is 552 g/mol.